The predicted octanol–water partition coefficient (Wildman–Crippen LogP) is 10.4. The van der Waals surface area contributed by atoms with Crippen molar-refractivity contribution in [2.75, 3.05) is 41.7 Å². The van der Waals surface area contributed by atoms with Crippen LogP contribution in [0.5, 0.6) is 57.5 Å². The van der Waals surface area contributed by atoms with Crippen molar-refractivity contribution >= 4 is 23.9 Å². The molecule has 0 atom stereocenters. The quantitative estimate of drug-likeness (QED) is 0.0339. The van der Waals surface area contributed by atoms with Crippen LogP contribution in [0.25, 0.3) is 0 Å². The first-order valence-corrected chi connectivity index (χ1v) is 21.1. The number of methoxy groups -OCH3 is 4. The fourth-order valence-corrected chi connectivity index (χ4v) is 6.38. The Kier molecular flexibility index (Phi) is 17.4. The summed E-state index contributed by atoms with van der Waals surface area (Å²) in [6.07, 6.45) is 4.76. The molecular formula is C52H50O14. The van der Waals surface area contributed by atoms with Gasteiger partial charge < -0.3 is 47.4 Å². The SMILES string of the molecule is COc1ccc(OC(=O)c2ccc(C(=O)Oc3ccc(OC)cc3)c(OCCCCCCCCOc3cc(C(=O)Oc4ccc(OC)cc4)ccc3C(=O)Oc3ccc(OC)cc3)c2)cc1. The number of carbonyl (C=O) groups is 4. The number of hydrogen-bond donors (Lipinski definition) is 0. The van der Waals surface area contributed by atoms with E-state index in [1.807, 2.05) is 0 Å². The number of esters is 4. The summed E-state index contributed by atoms with van der Waals surface area (Å²) in [5.41, 5.74) is 0.656. The highest BCUT2D eigenvalue weighted by Crippen LogP contribution is 2.28. The van der Waals surface area contributed by atoms with Gasteiger partial charge in [0.1, 0.15) is 68.6 Å². The van der Waals surface area contributed by atoms with Gasteiger partial charge in [-0.05, 0) is 146 Å². The molecule has 0 heterocycles. The second-order valence-corrected chi connectivity index (χ2v) is 14.5. The molecule has 0 bridgehead atoms. The Morgan fingerprint density at radius 3 is 0.864 bits per heavy atom. The van der Waals surface area contributed by atoms with E-state index in [4.69, 9.17) is 47.4 Å². The van der Waals surface area contributed by atoms with Gasteiger partial charge in [0, 0.05) is 0 Å². The molecule has 14 nitrogen and oxygen atoms in total. The van der Waals surface area contributed by atoms with Gasteiger partial charge in [0.05, 0.1) is 52.8 Å². The average Bonchev–Trinajstić information content (AvgIpc) is 3.35. The van der Waals surface area contributed by atoms with Crippen LogP contribution in [0.4, 0.5) is 0 Å². The van der Waals surface area contributed by atoms with E-state index in [9.17, 15) is 19.2 Å². The molecule has 342 valence electrons. The van der Waals surface area contributed by atoms with Crippen molar-refractivity contribution in [1.82, 2.24) is 0 Å². The van der Waals surface area contributed by atoms with Gasteiger partial charge in [-0.2, -0.15) is 0 Å². The van der Waals surface area contributed by atoms with E-state index >= 15 is 0 Å². The van der Waals surface area contributed by atoms with Crippen LogP contribution in [0.2, 0.25) is 0 Å². The highest BCUT2D eigenvalue weighted by atomic mass is 16.6. The topological polar surface area (TPSA) is 161 Å². The Balaban J connectivity index is 1.01. The molecule has 0 aliphatic rings. The number of hydrogen-bond acceptors (Lipinski definition) is 14. The summed E-state index contributed by atoms with van der Waals surface area (Å²) in [5.74, 6) is 1.51. The fraction of sp³-hybridized carbons (Fsp3) is 0.231. The van der Waals surface area contributed by atoms with Crippen molar-refractivity contribution in [3.63, 3.8) is 0 Å². The number of carbonyl (C=O) groups excluding carboxylic acids is 4. The van der Waals surface area contributed by atoms with Gasteiger partial charge >= 0.3 is 23.9 Å². The second-order valence-electron chi connectivity index (χ2n) is 14.5. The zero-order valence-electron chi connectivity index (χ0n) is 37.1. The van der Waals surface area contributed by atoms with Crippen molar-refractivity contribution < 1.29 is 66.5 Å². The van der Waals surface area contributed by atoms with E-state index in [2.05, 4.69) is 0 Å². The lowest BCUT2D eigenvalue weighted by atomic mass is 10.1. The van der Waals surface area contributed by atoms with E-state index in [0.717, 1.165) is 25.7 Å². The fourth-order valence-electron chi connectivity index (χ4n) is 6.38. The lowest BCUT2D eigenvalue weighted by Crippen LogP contribution is -2.14. The van der Waals surface area contributed by atoms with E-state index in [0.29, 0.717) is 58.8 Å². The lowest BCUT2D eigenvalue weighted by Gasteiger charge is -2.14. The lowest BCUT2D eigenvalue weighted by molar-refractivity contribution is 0.0715. The maximum absolute atomic E-state index is 13.3. The molecule has 0 saturated carbocycles. The van der Waals surface area contributed by atoms with E-state index in [1.54, 1.807) is 126 Å². The first-order chi connectivity index (χ1) is 32.2. The number of ether oxygens (including phenoxy) is 10. The first kappa shape index (κ1) is 47.5. The van der Waals surface area contributed by atoms with Gasteiger partial charge in [0.2, 0.25) is 0 Å². The molecule has 66 heavy (non-hydrogen) atoms. The Hall–Kier alpha value is -8.00. The van der Waals surface area contributed by atoms with E-state index < -0.39 is 23.9 Å². The Morgan fingerprint density at radius 2 is 0.576 bits per heavy atom. The van der Waals surface area contributed by atoms with Gasteiger partial charge in [-0.3, -0.25) is 0 Å². The van der Waals surface area contributed by atoms with Gasteiger partial charge in [-0.15, -0.1) is 0 Å². The van der Waals surface area contributed by atoms with Crippen molar-refractivity contribution in [3.8, 4) is 57.5 Å². The van der Waals surface area contributed by atoms with Crippen LogP contribution in [0.1, 0.15) is 80.0 Å². The molecule has 0 aromatic heterocycles. The van der Waals surface area contributed by atoms with Crippen LogP contribution in [-0.2, 0) is 0 Å². The highest BCUT2D eigenvalue weighted by Gasteiger charge is 2.21. The van der Waals surface area contributed by atoms with Crippen LogP contribution in [-0.4, -0.2) is 65.5 Å². The van der Waals surface area contributed by atoms with Crippen molar-refractivity contribution in [3.05, 3.63) is 156 Å². The molecule has 6 aromatic rings. The highest BCUT2D eigenvalue weighted by molar-refractivity contribution is 5.98. The number of unbranched alkanes of at least 4 members (excludes halogenated alkanes) is 5. The van der Waals surface area contributed by atoms with Crippen LogP contribution < -0.4 is 47.4 Å². The number of rotatable bonds is 23. The molecule has 0 aliphatic heterocycles. The predicted molar refractivity (Wildman–Crippen MR) is 243 cm³/mol. The monoisotopic (exact) mass is 898 g/mol. The molecule has 0 unspecified atom stereocenters. The summed E-state index contributed by atoms with van der Waals surface area (Å²) in [6, 6.07) is 35.2. The zero-order valence-corrected chi connectivity index (χ0v) is 37.1. The van der Waals surface area contributed by atoms with Gasteiger partial charge in [-0.25, -0.2) is 19.2 Å². The van der Waals surface area contributed by atoms with Crippen molar-refractivity contribution in [2.24, 2.45) is 0 Å². The molecular weight excluding hydrogens is 849 g/mol. The Labute approximate surface area is 382 Å². The maximum Gasteiger partial charge on any atom is 0.347 e. The van der Waals surface area contributed by atoms with Crippen LogP contribution in [0.15, 0.2) is 133 Å². The first-order valence-electron chi connectivity index (χ1n) is 21.1. The van der Waals surface area contributed by atoms with Crippen LogP contribution >= 0.6 is 0 Å². The molecule has 0 N–H and O–H groups in total. The minimum atomic E-state index is -0.658. The second kappa shape index (κ2) is 24.2. The molecule has 0 spiro atoms. The van der Waals surface area contributed by atoms with Crippen molar-refractivity contribution in [1.29, 1.82) is 0 Å². The number of benzene rings is 6. The van der Waals surface area contributed by atoms with Crippen LogP contribution in [0.3, 0.4) is 0 Å². The zero-order chi connectivity index (χ0) is 46.7. The molecule has 6 aromatic carbocycles. The van der Waals surface area contributed by atoms with Crippen LogP contribution in [0, 0.1) is 0 Å². The standard InChI is InChI=1S/C52H50O14/c1-57-37-13-21-41(22-14-37)63-49(53)35-11-29-45(51(55)65-43-25-17-39(59-3)18-26-43)47(33-35)61-31-9-7-5-6-8-10-32-62-48-34-36(50(54)64-42-23-15-38(58-2)16-24-42)12-30-46(48)52(56)66-44-27-19-40(60-4)20-28-44/h11-30,33-34H,5-10,31-32H2,1-4H3. The summed E-state index contributed by atoms with van der Waals surface area (Å²) >= 11 is 0. The molecule has 0 amide bonds. The minimum absolute atomic E-state index is 0.142. The van der Waals surface area contributed by atoms with Gasteiger partial charge in [-0.1, -0.05) is 25.7 Å². The average molecular weight is 899 g/mol. The summed E-state index contributed by atoms with van der Waals surface area (Å²) in [4.78, 5) is 52.9. The van der Waals surface area contributed by atoms with Gasteiger partial charge in [0.25, 0.3) is 0 Å². The minimum Gasteiger partial charge on any atom is -0.497 e. The summed E-state index contributed by atoms with van der Waals surface area (Å²) in [7, 11) is 6.17. The molecule has 6 rings (SSSR count). The normalized spacial score (nSPS) is 10.5. The Bertz CT molecular complexity index is 2360. The third-order valence-electron chi connectivity index (χ3n) is 10.0. The smallest absolute Gasteiger partial charge is 0.347 e. The Morgan fingerprint density at radius 1 is 0.318 bits per heavy atom. The van der Waals surface area contributed by atoms with Gasteiger partial charge in [0.15, 0.2) is 0 Å². The maximum atomic E-state index is 13.3. The van der Waals surface area contributed by atoms with Crippen molar-refractivity contribution in [2.45, 2.75) is 38.5 Å². The third kappa shape index (κ3) is 13.7. The van der Waals surface area contributed by atoms with E-state index in [1.165, 1.54) is 36.4 Å². The summed E-state index contributed by atoms with van der Waals surface area (Å²) < 4.78 is 55.3. The molecule has 0 aliphatic carbocycles. The summed E-state index contributed by atoms with van der Waals surface area (Å²) in [5, 5.41) is 0. The molecule has 0 fully saturated rings. The molecule has 0 saturated heterocycles. The van der Waals surface area contributed by atoms with E-state index in [-0.39, 0.29) is 47.0 Å². The largest absolute Gasteiger partial charge is 0.497 e. The molecule has 14 heteroatoms. The third-order valence-corrected chi connectivity index (χ3v) is 10.0. The molecule has 0 radical (unpaired) electrons. The summed E-state index contributed by atoms with van der Waals surface area (Å²) in [6.45, 7) is 0.547.